The molecule has 0 bridgehead atoms. The molecule has 0 spiro atoms. The highest BCUT2D eigenvalue weighted by molar-refractivity contribution is 5.88. The lowest BCUT2D eigenvalue weighted by atomic mass is 10.0. The van der Waals surface area contributed by atoms with E-state index in [1.807, 2.05) is 6.08 Å². The van der Waals surface area contributed by atoms with Crippen molar-refractivity contribution in [2.45, 2.75) is 20.3 Å². The standard InChI is InChI=1S/C11H15O2/c1-3-4-5-10-7-13-8-11(10)6-9(2)12/h4-6H,3,7-8H2,1-2H3/b5-4+,11-6+. The van der Waals surface area contributed by atoms with Crippen molar-refractivity contribution >= 4 is 5.78 Å². The summed E-state index contributed by atoms with van der Waals surface area (Å²) in [6.07, 6.45) is 6.79. The minimum Gasteiger partial charge on any atom is -0.376 e. The molecule has 2 heteroatoms. The van der Waals surface area contributed by atoms with Crippen LogP contribution in [0.3, 0.4) is 0 Å². The summed E-state index contributed by atoms with van der Waals surface area (Å²) in [7, 11) is 0. The first kappa shape index (κ1) is 10.2. The maximum absolute atomic E-state index is 10.8. The molecule has 13 heavy (non-hydrogen) atoms. The number of hydrogen-bond acceptors (Lipinski definition) is 2. The molecule has 1 fully saturated rings. The molecule has 1 radical (unpaired) electrons. The molecule has 71 valence electrons. The van der Waals surface area contributed by atoms with Crippen molar-refractivity contribution in [2.75, 3.05) is 13.2 Å². The highest BCUT2D eigenvalue weighted by Crippen LogP contribution is 2.23. The van der Waals surface area contributed by atoms with E-state index in [1.54, 1.807) is 13.0 Å². The topological polar surface area (TPSA) is 26.3 Å². The van der Waals surface area contributed by atoms with Gasteiger partial charge in [0, 0.05) is 0 Å². The maximum Gasteiger partial charge on any atom is 0.152 e. The average molecular weight is 179 g/mol. The Kier molecular flexibility index (Phi) is 3.90. The molecular formula is C11H15O2. The summed E-state index contributed by atoms with van der Waals surface area (Å²) >= 11 is 0. The second-order valence-corrected chi connectivity index (χ2v) is 3.11. The molecule has 1 aliphatic rings. The Labute approximate surface area is 79.3 Å². The van der Waals surface area contributed by atoms with E-state index >= 15 is 0 Å². The molecule has 0 aromatic heterocycles. The first-order chi connectivity index (χ1) is 6.24. The summed E-state index contributed by atoms with van der Waals surface area (Å²) in [5.41, 5.74) is 1.03. The summed E-state index contributed by atoms with van der Waals surface area (Å²) in [4.78, 5) is 10.8. The van der Waals surface area contributed by atoms with Crippen LogP contribution in [0.2, 0.25) is 0 Å². The molecule has 0 atom stereocenters. The maximum atomic E-state index is 10.8. The van der Waals surface area contributed by atoms with Crippen LogP contribution in [0, 0.1) is 5.92 Å². The third-order valence-electron chi connectivity index (χ3n) is 1.86. The number of carbonyl (C=O) groups excluding carboxylic acids is 1. The summed E-state index contributed by atoms with van der Waals surface area (Å²) in [6.45, 7) is 4.85. The number of rotatable bonds is 3. The van der Waals surface area contributed by atoms with Crippen LogP contribution in [0.4, 0.5) is 0 Å². The number of hydrogen-bond donors (Lipinski definition) is 0. The van der Waals surface area contributed by atoms with Crippen LogP contribution in [-0.2, 0) is 9.53 Å². The van der Waals surface area contributed by atoms with E-state index in [4.69, 9.17) is 4.74 Å². The Bertz CT molecular complexity index is 238. The second-order valence-electron chi connectivity index (χ2n) is 3.11. The van der Waals surface area contributed by atoms with E-state index in [9.17, 15) is 4.79 Å². The van der Waals surface area contributed by atoms with E-state index in [2.05, 4.69) is 13.0 Å². The average Bonchev–Trinajstić information content (AvgIpc) is 2.48. The van der Waals surface area contributed by atoms with Crippen molar-refractivity contribution in [1.29, 1.82) is 0 Å². The number of allylic oxidation sites excluding steroid dienone is 2. The van der Waals surface area contributed by atoms with Gasteiger partial charge in [-0.2, -0.15) is 0 Å². The lowest BCUT2D eigenvalue weighted by Gasteiger charge is -2.00. The van der Waals surface area contributed by atoms with Gasteiger partial charge in [-0.25, -0.2) is 0 Å². The molecule has 0 aromatic carbocycles. The zero-order chi connectivity index (χ0) is 9.68. The van der Waals surface area contributed by atoms with E-state index in [0.717, 1.165) is 17.9 Å². The van der Waals surface area contributed by atoms with Crippen LogP contribution in [0.5, 0.6) is 0 Å². The molecular weight excluding hydrogens is 164 g/mol. The molecule has 0 aliphatic carbocycles. The number of ether oxygens (including phenoxy) is 1. The van der Waals surface area contributed by atoms with Crippen LogP contribution in [0.1, 0.15) is 20.3 Å². The third-order valence-corrected chi connectivity index (χ3v) is 1.86. The minimum atomic E-state index is 0.0860. The first-order valence-corrected chi connectivity index (χ1v) is 4.55. The summed E-state index contributed by atoms with van der Waals surface area (Å²) in [5, 5.41) is 0. The van der Waals surface area contributed by atoms with E-state index in [0.29, 0.717) is 13.2 Å². The largest absolute Gasteiger partial charge is 0.376 e. The fourth-order valence-electron chi connectivity index (χ4n) is 1.25. The van der Waals surface area contributed by atoms with Crippen molar-refractivity contribution in [2.24, 2.45) is 0 Å². The zero-order valence-corrected chi connectivity index (χ0v) is 8.17. The van der Waals surface area contributed by atoms with Crippen LogP contribution in [0.25, 0.3) is 0 Å². The van der Waals surface area contributed by atoms with Gasteiger partial charge in [0.05, 0.1) is 19.1 Å². The summed E-state index contributed by atoms with van der Waals surface area (Å²) < 4.78 is 5.26. The molecule has 1 saturated heterocycles. The van der Waals surface area contributed by atoms with E-state index in [-0.39, 0.29) is 5.78 Å². The monoisotopic (exact) mass is 179 g/mol. The Morgan fingerprint density at radius 3 is 2.92 bits per heavy atom. The van der Waals surface area contributed by atoms with Crippen LogP contribution >= 0.6 is 0 Å². The quantitative estimate of drug-likeness (QED) is 0.620. The normalized spacial score (nSPS) is 21.8. The molecule has 1 rings (SSSR count). The van der Waals surface area contributed by atoms with Crippen molar-refractivity contribution in [3.05, 3.63) is 29.7 Å². The van der Waals surface area contributed by atoms with Gasteiger partial charge in [0.25, 0.3) is 0 Å². The summed E-state index contributed by atoms with van der Waals surface area (Å²) in [5.74, 6) is 1.22. The lowest BCUT2D eigenvalue weighted by molar-refractivity contribution is -0.112. The third kappa shape index (κ3) is 3.15. The summed E-state index contributed by atoms with van der Waals surface area (Å²) in [6, 6.07) is 0. The number of ketones is 1. The van der Waals surface area contributed by atoms with Crippen LogP contribution in [0.15, 0.2) is 23.8 Å². The van der Waals surface area contributed by atoms with Crippen molar-refractivity contribution in [3.63, 3.8) is 0 Å². The van der Waals surface area contributed by atoms with E-state index in [1.165, 1.54) is 0 Å². The Balaban J connectivity index is 2.63. The molecule has 1 aliphatic heterocycles. The van der Waals surface area contributed by atoms with Gasteiger partial charge in [-0.1, -0.05) is 19.1 Å². The van der Waals surface area contributed by atoms with Gasteiger partial charge in [0.2, 0.25) is 0 Å². The van der Waals surface area contributed by atoms with Gasteiger partial charge in [0.15, 0.2) is 5.78 Å². The van der Waals surface area contributed by atoms with E-state index < -0.39 is 0 Å². The predicted molar refractivity (Wildman–Crippen MR) is 52.3 cm³/mol. The van der Waals surface area contributed by atoms with Gasteiger partial charge in [-0.15, -0.1) is 0 Å². The highest BCUT2D eigenvalue weighted by Gasteiger charge is 2.19. The highest BCUT2D eigenvalue weighted by atomic mass is 16.5. The van der Waals surface area contributed by atoms with Gasteiger partial charge < -0.3 is 4.74 Å². The zero-order valence-electron chi connectivity index (χ0n) is 8.17. The number of carbonyl (C=O) groups is 1. The van der Waals surface area contributed by atoms with Gasteiger partial charge in [-0.05, 0) is 25.0 Å². The Morgan fingerprint density at radius 2 is 2.31 bits per heavy atom. The molecule has 0 aromatic rings. The van der Waals surface area contributed by atoms with Crippen molar-refractivity contribution < 1.29 is 9.53 Å². The molecule has 0 saturated carbocycles. The predicted octanol–water partition coefficient (Wildman–Crippen LogP) is 2.07. The minimum absolute atomic E-state index is 0.0860. The van der Waals surface area contributed by atoms with Gasteiger partial charge in [-0.3, -0.25) is 4.79 Å². The fraction of sp³-hybridized carbons (Fsp3) is 0.455. The Morgan fingerprint density at radius 1 is 1.54 bits per heavy atom. The SMILES string of the molecule is CC/C=C/[C]1COC/C1=C\C(C)=O. The molecule has 2 nitrogen and oxygen atoms in total. The van der Waals surface area contributed by atoms with Crippen LogP contribution in [-0.4, -0.2) is 19.0 Å². The first-order valence-electron chi connectivity index (χ1n) is 4.55. The second kappa shape index (κ2) is 4.97. The molecule has 1 heterocycles. The van der Waals surface area contributed by atoms with Crippen molar-refractivity contribution in [3.8, 4) is 0 Å². The Hall–Kier alpha value is -0.890. The van der Waals surface area contributed by atoms with Crippen LogP contribution < -0.4 is 0 Å². The van der Waals surface area contributed by atoms with Gasteiger partial charge >= 0.3 is 0 Å². The molecule has 0 unspecified atom stereocenters. The van der Waals surface area contributed by atoms with Crippen molar-refractivity contribution in [1.82, 2.24) is 0 Å². The molecule has 0 amide bonds. The van der Waals surface area contributed by atoms with Gasteiger partial charge in [0.1, 0.15) is 0 Å². The molecule has 0 N–H and O–H groups in total. The smallest absolute Gasteiger partial charge is 0.152 e. The fourth-order valence-corrected chi connectivity index (χ4v) is 1.25. The lowest BCUT2D eigenvalue weighted by Crippen LogP contribution is -1.97.